The molecule has 4 aromatic rings. The molecule has 0 spiro atoms. The number of halogens is 1. The van der Waals surface area contributed by atoms with Gasteiger partial charge in [-0.05, 0) is 52.9 Å². The third-order valence-electron chi connectivity index (χ3n) is 4.55. The molecule has 1 aromatic heterocycles. The van der Waals surface area contributed by atoms with E-state index in [2.05, 4.69) is 96.5 Å². The minimum absolute atomic E-state index is 0.599. The first-order valence-corrected chi connectivity index (χ1v) is 9.48. The highest BCUT2D eigenvalue weighted by atomic mass is 79.9. The van der Waals surface area contributed by atoms with E-state index in [1.807, 2.05) is 0 Å². The van der Waals surface area contributed by atoms with Crippen LogP contribution in [0.3, 0.4) is 0 Å². The standard InChI is InChI=1S/C23H20BrN/c1-15(2)13-18-14-22(17-7-10-19(24)11-8-17)25-21-12-9-16-5-3-4-6-20(16)23(18)21/h3-12,14-15H,13H2,1-2H3. The van der Waals surface area contributed by atoms with E-state index in [-0.39, 0.29) is 0 Å². The van der Waals surface area contributed by atoms with Crippen molar-refractivity contribution in [2.75, 3.05) is 0 Å². The molecule has 0 bridgehead atoms. The number of fused-ring (bicyclic) bond motifs is 3. The average molecular weight is 390 g/mol. The molecule has 0 radical (unpaired) electrons. The lowest BCUT2D eigenvalue weighted by Gasteiger charge is -2.14. The number of rotatable bonds is 3. The topological polar surface area (TPSA) is 12.9 Å². The molecule has 0 saturated heterocycles. The van der Waals surface area contributed by atoms with Crippen molar-refractivity contribution in [3.8, 4) is 11.3 Å². The first-order chi connectivity index (χ1) is 12.1. The van der Waals surface area contributed by atoms with Gasteiger partial charge in [-0.2, -0.15) is 0 Å². The molecule has 0 unspecified atom stereocenters. The first kappa shape index (κ1) is 16.3. The van der Waals surface area contributed by atoms with E-state index < -0.39 is 0 Å². The van der Waals surface area contributed by atoms with Crippen molar-refractivity contribution in [1.29, 1.82) is 0 Å². The van der Waals surface area contributed by atoms with Gasteiger partial charge in [0.15, 0.2) is 0 Å². The van der Waals surface area contributed by atoms with E-state index in [0.717, 1.165) is 27.7 Å². The van der Waals surface area contributed by atoms with E-state index in [4.69, 9.17) is 4.98 Å². The van der Waals surface area contributed by atoms with Crippen molar-refractivity contribution in [2.45, 2.75) is 20.3 Å². The van der Waals surface area contributed by atoms with Crippen molar-refractivity contribution in [2.24, 2.45) is 5.92 Å². The van der Waals surface area contributed by atoms with Gasteiger partial charge in [0.25, 0.3) is 0 Å². The second-order valence-corrected chi connectivity index (χ2v) is 7.87. The zero-order valence-electron chi connectivity index (χ0n) is 14.5. The van der Waals surface area contributed by atoms with Crippen LogP contribution in [0, 0.1) is 5.92 Å². The summed E-state index contributed by atoms with van der Waals surface area (Å²) in [5.74, 6) is 0.599. The van der Waals surface area contributed by atoms with Gasteiger partial charge in [-0.25, -0.2) is 4.98 Å². The van der Waals surface area contributed by atoms with E-state index in [9.17, 15) is 0 Å². The monoisotopic (exact) mass is 389 g/mol. The summed E-state index contributed by atoms with van der Waals surface area (Å²) < 4.78 is 1.09. The summed E-state index contributed by atoms with van der Waals surface area (Å²) in [7, 11) is 0. The predicted octanol–water partition coefficient (Wildman–Crippen LogP) is 7.02. The molecule has 25 heavy (non-hydrogen) atoms. The summed E-state index contributed by atoms with van der Waals surface area (Å²) in [5.41, 5.74) is 4.67. The van der Waals surface area contributed by atoms with Gasteiger partial charge in [-0.1, -0.05) is 72.2 Å². The van der Waals surface area contributed by atoms with Crippen molar-refractivity contribution in [3.63, 3.8) is 0 Å². The zero-order valence-corrected chi connectivity index (χ0v) is 16.0. The van der Waals surface area contributed by atoms with Gasteiger partial charge in [-0.15, -0.1) is 0 Å². The lowest BCUT2D eigenvalue weighted by atomic mass is 9.94. The Morgan fingerprint density at radius 1 is 0.920 bits per heavy atom. The number of hydrogen-bond acceptors (Lipinski definition) is 1. The maximum Gasteiger partial charge on any atom is 0.0718 e. The fourth-order valence-corrected chi connectivity index (χ4v) is 3.72. The molecule has 2 heteroatoms. The Morgan fingerprint density at radius 3 is 2.44 bits per heavy atom. The molecule has 0 atom stereocenters. The normalized spacial score (nSPS) is 11.5. The third kappa shape index (κ3) is 3.19. The van der Waals surface area contributed by atoms with Crippen molar-refractivity contribution in [3.05, 3.63) is 76.8 Å². The number of benzene rings is 3. The Balaban J connectivity index is 2.01. The van der Waals surface area contributed by atoms with Crippen molar-refractivity contribution < 1.29 is 0 Å². The molecule has 0 N–H and O–H groups in total. The highest BCUT2D eigenvalue weighted by Gasteiger charge is 2.12. The number of hydrogen-bond donors (Lipinski definition) is 0. The van der Waals surface area contributed by atoms with E-state index in [1.165, 1.54) is 21.7 Å². The lowest BCUT2D eigenvalue weighted by Crippen LogP contribution is -1.98. The molecule has 4 rings (SSSR count). The smallest absolute Gasteiger partial charge is 0.0718 e. The van der Waals surface area contributed by atoms with Crippen LogP contribution in [-0.2, 0) is 6.42 Å². The molecule has 0 aliphatic carbocycles. The highest BCUT2D eigenvalue weighted by Crippen LogP contribution is 2.32. The molecular weight excluding hydrogens is 370 g/mol. The van der Waals surface area contributed by atoms with Gasteiger partial charge >= 0.3 is 0 Å². The molecular formula is C23H20BrN. The van der Waals surface area contributed by atoms with E-state index in [0.29, 0.717) is 5.92 Å². The van der Waals surface area contributed by atoms with Gasteiger partial charge in [0, 0.05) is 15.4 Å². The van der Waals surface area contributed by atoms with Crippen LogP contribution in [0.25, 0.3) is 32.9 Å². The minimum atomic E-state index is 0.599. The summed E-state index contributed by atoms with van der Waals surface area (Å²) in [5, 5.41) is 3.87. The number of pyridine rings is 1. The fourth-order valence-electron chi connectivity index (χ4n) is 3.46. The Morgan fingerprint density at radius 2 is 1.68 bits per heavy atom. The molecule has 0 aliphatic rings. The van der Waals surface area contributed by atoms with E-state index >= 15 is 0 Å². The third-order valence-corrected chi connectivity index (χ3v) is 5.08. The number of nitrogens with zero attached hydrogens (tertiary/aromatic N) is 1. The molecule has 124 valence electrons. The second-order valence-electron chi connectivity index (χ2n) is 6.95. The Hall–Kier alpha value is -2.19. The molecule has 0 amide bonds. The largest absolute Gasteiger partial charge is 0.248 e. The van der Waals surface area contributed by atoms with Crippen LogP contribution in [0.1, 0.15) is 19.4 Å². The quantitative estimate of drug-likeness (QED) is 0.343. The van der Waals surface area contributed by atoms with Gasteiger partial charge in [0.2, 0.25) is 0 Å². The summed E-state index contributed by atoms with van der Waals surface area (Å²) in [6.45, 7) is 4.55. The summed E-state index contributed by atoms with van der Waals surface area (Å²) in [4.78, 5) is 4.98. The highest BCUT2D eigenvalue weighted by molar-refractivity contribution is 9.10. The SMILES string of the molecule is CC(C)Cc1cc(-c2ccc(Br)cc2)nc2ccc3ccccc3c12. The van der Waals surface area contributed by atoms with Crippen LogP contribution in [0.2, 0.25) is 0 Å². The minimum Gasteiger partial charge on any atom is -0.248 e. The van der Waals surface area contributed by atoms with Gasteiger partial charge in [-0.3, -0.25) is 0 Å². The molecule has 3 aromatic carbocycles. The van der Waals surface area contributed by atoms with Crippen molar-refractivity contribution >= 4 is 37.6 Å². The molecule has 0 aliphatic heterocycles. The molecule has 1 heterocycles. The second kappa shape index (κ2) is 6.61. The average Bonchev–Trinajstić information content (AvgIpc) is 2.61. The van der Waals surface area contributed by atoms with Crippen molar-refractivity contribution in [1.82, 2.24) is 4.98 Å². The van der Waals surface area contributed by atoms with Gasteiger partial charge in [0.05, 0.1) is 11.2 Å². The molecule has 0 fully saturated rings. The Bertz CT molecular complexity index is 1050. The van der Waals surface area contributed by atoms with E-state index in [1.54, 1.807) is 0 Å². The zero-order chi connectivity index (χ0) is 17.4. The Kier molecular flexibility index (Phi) is 4.30. The maximum absolute atomic E-state index is 4.98. The van der Waals surface area contributed by atoms with Gasteiger partial charge < -0.3 is 0 Å². The van der Waals surface area contributed by atoms with Crippen LogP contribution >= 0.6 is 15.9 Å². The van der Waals surface area contributed by atoms with Crippen LogP contribution in [0.5, 0.6) is 0 Å². The van der Waals surface area contributed by atoms with Crippen LogP contribution < -0.4 is 0 Å². The summed E-state index contributed by atoms with van der Waals surface area (Å²) in [6.07, 6.45) is 1.05. The summed E-state index contributed by atoms with van der Waals surface area (Å²) in [6, 6.07) is 23.6. The summed E-state index contributed by atoms with van der Waals surface area (Å²) >= 11 is 3.51. The lowest BCUT2D eigenvalue weighted by molar-refractivity contribution is 0.650. The number of aromatic nitrogens is 1. The Labute approximate surface area is 156 Å². The van der Waals surface area contributed by atoms with Crippen LogP contribution in [0.4, 0.5) is 0 Å². The maximum atomic E-state index is 4.98. The van der Waals surface area contributed by atoms with Crippen LogP contribution in [0.15, 0.2) is 71.2 Å². The first-order valence-electron chi connectivity index (χ1n) is 8.69. The molecule has 1 nitrogen and oxygen atoms in total. The molecule has 0 saturated carbocycles. The van der Waals surface area contributed by atoms with Gasteiger partial charge in [0.1, 0.15) is 0 Å². The van der Waals surface area contributed by atoms with Crippen LogP contribution in [-0.4, -0.2) is 4.98 Å². The predicted molar refractivity (Wildman–Crippen MR) is 111 cm³/mol. The fraction of sp³-hybridized carbons (Fsp3) is 0.174.